The van der Waals surface area contributed by atoms with Crippen LogP contribution in [0.3, 0.4) is 0 Å². The second-order valence-electron chi connectivity index (χ2n) is 4.71. The Kier molecular flexibility index (Phi) is 8.46. The summed E-state index contributed by atoms with van der Waals surface area (Å²) in [6.07, 6.45) is 1.81. The van der Waals surface area contributed by atoms with Gasteiger partial charge in [-0.25, -0.2) is 9.20 Å². The van der Waals surface area contributed by atoms with Crippen LogP contribution in [0.25, 0.3) is 10.9 Å². The molecule has 1 aliphatic heterocycles. The summed E-state index contributed by atoms with van der Waals surface area (Å²) in [7, 11) is -0.989. The molecule has 130 valence electrons. The standard InChI is InChI=1S/C9H7N.C7H5NOS.C2H4O2.ClH/c1-2-6-9-8(4-1)5-3-7-10-9;9-10-5-8-6-3-1-2-4-7(6)10;1-2(3)4;/h1-7H;1-5H;1H3,(H,3,4);1H. The predicted molar refractivity (Wildman–Crippen MR) is 103 cm³/mol. The van der Waals surface area contributed by atoms with E-state index in [1.165, 1.54) is 10.9 Å². The molecule has 1 atom stereocenters. The number of aromatic nitrogens is 1. The predicted octanol–water partition coefficient (Wildman–Crippen LogP) is 4.22. The highest BCUT2D eigenvalue weighted by Gasteiger charge is 2.11. The molecule has 7 heteroatoms. The van der Waals surface area contributed by atoms with Crippen molar-refractivity contribution >= 4 is 51.3 Å². The summed E-state index contributed by atoms with van der Waals surface area (Å²) in [5.74, 6) is -0.833. The number of fused-ring (bicyclic) bond motifs is 2. The van der Waals surface area contributed by atoms with Crippen LogP contribution in [-0.4, -0.2) is 25.8 Å². The summed E-state index contributed by atoms with van der Waals surface area (Å²) in [6.45, 7) is 1.08. The summed E-state index contributed by atoms with van der Waals surface area (Å²) in [6, 6.07) is 19.5. The van der Waals surface area contributed by atoms with Gasteiger partial charge in [-0.3, -0.25) is 9.78 Å². The molecule has 5 nitrogen and oxygen atoms in total. The van der Waals surface area contributed by atoms with E-state index in [1.807, 2.05) is 54.7 Å². The van der Waals surface area contributed by atoms with Gasteiger partial charge >= 0.3 is 0 Å². The van der Waals surface area contributed by atoms with Crippen molar-refractivity contribution in [2.24, 2.45) is 4.99 Å². The average molecular weight is 377 g/mol. The number of aliphatic imine (C=N–C) groups is 1. The van der Waals surface area contributed by atoms with Crippen molar-refractivity contribution in [1.82, 2.24) is 4.98 Å². The molecular formula is C18H17ClN2O3S. The first-order valence-electron chi connectivity index (χ1n) is 7.11. The summed E-state index contributed by atoms with van der Waals surface area (Å²) in [4.78, 5) is 18.0. The number of carbonyl (C=O) groups is 1. The molecule has 25 heavy (non-hydrogen) atoms. The third-order valence-electron chi connectivity index (χ3n) is 2.88. The van der Waals surface area contributed by atoms with Crippen molar-refractivity contribution in [2.45, 2.75) is 11.8 Å². The van der Waals surface area contributed by atoms with Gasteiger partial charge in [-0.2, -0.15) is 0 Å². The normalized spacial score (nSPS) is 13.4. The lowest BCUT2D eigenvalue weighted by Crippen LogP contribution is -1.83. The van der Waals surface area contributed by atoms with E-state index in [0.717, 1.165) is 23.0 Å². The average Bonchev–Trinajstić information content (AvgIpc) is 2.97. The van der Waals surface area contributed by atoms with E-state index in [1.54, 1.807) is 0 Å². The van der Waals surface area contributed by atoms with E-state index in [0.29, 0.717) is 0 Å². The Morgan fingerprint density at radius 3 is 2.28 bits per heavy atom. The van der Waals surface area contributed by atoms with Crippen molar-refractivity contribution < 1.29 is 14.1 Å². The smallest absolute Gasteiger partial charge is 0.300 e. The van der Waals surface area contributed by atoms with E-state index in [4.69, 9.17) is 9.90 Å². The number of rotatable bonds is 0. The number of benzene rings is 2. The minimum atomic E-state index is -0.989. The molecule has 1 unspecified atom stereocenters. The molecule has 4 rings (SSSR count). The van der Waals surface area contributed by atoms with E-state index >= 15 is 0 Å². The first-order valence-corrected chi connectivity index (χ1v) is 8.32. The number of hydrogen-bond acceptors (Lipinski definition) is 4. The van der Waals surface area contributed by atoms with Gasteiger partial charge in [0.1, 0.15) is 0 Å². The Bertz CT molecular complexity index is 831. The van der Waals surface area contributed by atoms with Crippen LogP contribution in [0.1, 0.15) is 6.92 Å². The lowest BCUT2D eigenvalue weighted by Gasteiger charge is -1.91. The van der Waals surface area contributed by atoms with Gasteiger partial charge in [-0.05, 0) is 24.3 Å². The number of carboxylic acids is 1. The first kappa shape index (κ1) is 20.5. The van der Waals surface area contributed by atoms with Gasteiger partial charge in [0, 0.05) is 18.5 Å². The number of para-hydroxylation sites is 2. The zero-order chi connectivity index (χ0) is 17.4. The molecule has 1 N–H and O–H groups in total. The number of halogens is 1. The summed E-state index contributed by atoms with van der Waals surface area (Å²) < 4.78 is 11.0. The molecule has 0 aliphatic carbocycles. The van der Waals surface area contributed by atoms with Crippen molar-refractivity contribution in [1.29, 1.82) is 0 Å². The molecule has 0 saturated heterocycles. The van der Waals surface area contributed by atoms with Crippen LogP contribution in [0.4, 0.5) is 5.69 Å². The van der Waals surface area contributed by atoms with Gasteiger partial charge in [-0.15, -0.1) is 12.4 Å². The lowest BCUT2D eigenvalue weighted by atomic mass is 10.2. The van der Waals surface area contributed by atoms with Crippen LogP contribution in [-0.2, 0) is 15.6 Å². The molecule has 1 aromatic heterocycles. The highest BCUT2D eigenvalue weighted by molar-refractivity contribution is 7.99. The Morgan fingerprint density at radius 1 is 1.00 bits per heavy atom. The van der Waals surface area contributed by atoms with Crippen molar-refractivity contribution in [3.8, 4) is 0 Å². The van der Waals surface area contributed by atoms with Crippen molar-refractivity contribution in [2.75, 3.05) is 0 Å². The maximum absolute atomic E-state index is 11.0. The third-order valence-corrected chi connectivity index (χ3v) is 3.96. The lowest BCUT2D eigenvalue weighted by molar-refractivity contribution is -0.134. The number of nitrogens with zero attached hydrogens (tertiary/aromatic N) is 2. The zero-order valence-corrected chi connectivity index (χ0v) is 15.0. The van der Waals surface area contributed by atoms with Gasteiger partial charge in [0.15, 0.2) is 0 Å². The van der Waals surface area contributed by atoms with E-state index in [-0.39, 0.29) is 12.4 Å². The molecular weight excluding hydrogens is 360 g/mol. The number of pyridine rings is 1. The zero-order valence-electron chi connectivity index (χ0n) is 13.4. The van der Waals surface area contributed by atoms with Gasteiger partial charge in [0.05, 0.1) is 32.4 Å². The Morgan fingerprint density at radius 2 is 1.60 bits per heavy atom. The van der Waals surface area contributed by atoms with Crippen molar-refractivity contribution in [3.05, 3.63) is 66.9 Å². The molecule has 2 heterocycles. The van der Waals surface area contributed by atoms with E-state index in [2.05, 4.69) is 22.1 Å². The summed E-state index contributed by atoms with van der Waals surface area (Å²) >= 11 is 0. The molecule has 0 bridgehead atoms. The highest BCUT2D eigenvalue weighted by Crippen LogP contribution is 2.25. The number of aliphatic carboxylic acids is 1. The Hall–Kier alpha value is -2.57. The minimum absolute atomic E-state index is 0. The Labute approximate surface area is 154 Å². The topological polar surface area (TPSA) is 79.6 Å². The molecule has 1 aliphatic rings. The number of carboxylic acid groups (broad SMARTS) is 1. The molecule has 0 radical (unpaired) electrons. The van der Waals surface area contributed by atoms with Crippen LogP contribution in [0.2, 0.25) is 0 Å². The van der Waals surface area contributed by atoms with Crippen LogP contribution in [0, 0.1) is 0 Å². The fourth-order valence-corrected chi connectivity index (χ4v) is 2.77. The number of hydrogen-bond donors (Lipinski definition) is 1. The molecule has 0 fully saturated rings. The molecule has 0 saturated carbocycles. The summed E-state index contributed by atoms with van der Waals surface area (Å²) in [5, 5.41) is 8.62. The maximum Gasteiger partial charge on any atom is 0.300 e. The quantitative estimate of drug-likeness (QED) is 0.637. The van der Waals surface area contributed by atoms with Gasteiger partial charge in [-0.1, -0.05) is 36.4 Å². The van der Waals surface area contributed by atoms with Gasteiger partial charge in [0.25, 0.3) is 5.97 Å². The SMILES string of the molecule is CC(=O)O.Cl.O=S1C=Nc2ccccc21.c1ccc2ncccc2c1. The van der Waals surface area contributed by atoms with Crippen LogP contribution in [0.5, 0.6) is 0 Å². The second-order valence-corrected chi connectivity index (χ2v) is 5.96. The highest BCUT2D eigenvalue weighted by atomic mass is 35.5. The summed E-state index contributed by atoms with van der Waals surface area (Å²) in [5.41, 5.74) is 3.36. The van der Waals surface area contributed by atoms with Gasteiger partial charge < -0.3 is 5.11 Å². The molecule has 0 amide bonds. The van der Waals surface area contributed by atoms with Crippen LogP contribution < -0.4 is 0 Å². The van der Waals surface area contributed by atoms with Crippen molar-refractivity contribution in [3.63, 3.8) is 0 Å². The molecule has 0 spiro atoms. The maximum atomic E-state index is 11.0. The Balaban J connectivity index is 0.000000201. The van der Waals surface area contributed by atoms with Crippen LogP contribution in [0.15, 0.2) is 76.7 Å². The fourth-order valence-electron chi connectivity index (χ4n) is 1.91. The third kappa shape index (κ3) is 6.45. The second kappa shape index (κ2) is 10.3. The van der Waals surface area contributed by atoms with Crippen LogP contribution >= 0.6 is 12.4 Å². The minimum Gasteiger partial charge on any atom is -0.481 e. The largest absolute Gasteiger partial charge is 0.481 e. The monoisotopic (exact) mass is 376 g/mol. The first-order chi connectivity index (χ1) is 11.6. The fraction of sp³-hybridized carbons (Fsp3) is 0.0556. The van der Waals surface area contributed by atoms with Gasteiger partial charge in [0.2, 0.25) is 0 Å². The molecule has 3 aromatic rings. The van der Waals surface area contributed by atoms with E-state index < -0.39 is 16.8 Å². The molecule has 2 aromatic carbocycles. The van der Waals surface area contributed by atoms with E-state index in [9.17, 15) is 4.21 Å².